The number of hydrogen-bond donors (Lipinski definition) is 1. The average molecular weight is 299 g/mol. The Balaban J connectivity index is 1.56. The van der Waals surface area contributed by atoms with Crippen molar-refractivity contribution in [1.82, 2.24) is 29.4 Å². The van der Waals surface area contributed by atoms with Gasteiger partial charge in [0.1, 0.15) is 11.6 Å². The van der Waals surface area contributed by atoms with Gasteiger partial charge in [-0.3, -0.25) is 4.98 Å². The number of H-pyrrole nitrogens is 1. The first-order valence-corrected chi connectivity index (χ1v) is 7.41. The third kappa shape index (κ3) is 2.07. The van der Waals surface area contributed by atoms with Gasteiger partial charge in [-0.2, -0.15) is 14.7 Å². The fraction of sp³-hybridized carbons (Fsp3) is 0.429. The van der Waals surface area contributed by atoms with Crippen LogP contribution in [0.3, 0.4) is 0 Å². The lowest BCUT2D eigenvalue weighted by atomic mass is 10.1. The summed E-state index contributed by atoms with van der Waals surface area (Å²) >= 11 is 0. The molecule has 1 N–H and O–H groups in total. The van der Waals surface area contributed by atoms with Gasteiger partial charge in [0.15, 0.2) is 5.65 Å². The molecule has 3 aromatic rings. The van der Waals surface area contributed by atoms with E-state index >= 15 is 0 Å². The second-order valence-corrected chi connectivity index (χ2v) is 5.58. The summed E-state index contributed by atoms with van der Waals surface area (Å²) in [5.41, 5.74) is 0.730. The minimum Gasteiger partial charge on any atom is -0.356 e. The molecule has 0 aliphatic carbocycles. The molecule has 1 fully saturated rings. The summed E-state index contributed by atoms with van der Waals surface area (Å²) in [7, 11) is 0. The summed E-state index contributed by atoms with van der Waals surface area (Å²) in [5.74, 6) is 1.71. The number of nitrogens with zero attached hydrogens (tertiary/aromatic N) is 6. The minimum atomic E-state index is -0.116. The lowest BCUT2D eigenvalue weighted by Gasteiger charge is -2.33. The monoisotopic (exact) mass is 299 g/mol. The smallest absolute Gasteiger partial charge is 0.343 e. The standard InChI is InChI=1S/C14H17N7O/c1-10-17-14(22)20(18-10)11-4-8-19(9-5-11)13-3-6-15-12-2-7-16-21(12)13/h2-3,6-7,11H,4-5,8-9H2,1H3,(H,17,18,22). The molecule has 1 saturated heterocycles. The Morgan fingerprint density at radius 2 is 2.05 bits per heavy atom. The number of piperidine rings is 1. The summed E-state index contributed by atoms with van der Waals surface area (Å²) in [6, 6.07) is 4.02. The van der Waals surface area contributed by atoms with Crippen molar-refractivity contribution in [2.45, 2.75) is 25.8 Å². The SMILES string of the molecule is Cc1nn(C2CCN(c3ccnc4ccnn34)CC2)c(=O)[nH]1. The van der Waals surface area contributed by atoms with Gasteiger partial charge in [0, 0.05) is 25.4 Å². The highest BCUT2D eigenvalue weighted by atomic mass is 16.2. The molecule has 0 amide bonds. The number of anilines is 1. The maximum atomic E-state index is 11.8. The zero-order chi connectivity index (χ0) is 15.1. The van der Waals surface area contributed by atoms with Gasteiger partial charge in [-0.05, 0) is 25.8 Å². The zero-order valence-electron chi connectivity index (χ0n) is 12.3. The fourth-order valence-electron chi connectivity index (χ4n) is 3.09. The Morgan fingerprint density at radius 3 is 2.77 bits per heavy atom. The van der Waals surface area contributed by atoms with E-state index in [2.05, 4.69) is 25.1 Å². The van der Waals surface area contributed by atoms with E-state index in [0.29, 0.717) is 5.82 Å². The molecule has 1 aliphatic heterocycles. The number of aryl methyl sites for hydroxylation is 1. The Hall–Kier alpha value is -2.64. The van der Waals surface area contributed by atoms with E-state index in [1.165, 1.54) is 0 Å². The van der Waals surface area contributed by atoms with E-state index in [1.807, 2.05) is 16.6 Å². The van der Waals surface area contributed by atoms with Crippen molar-refractivity contribution in [2.24, 2.45) is 0 Å². The normalized spacial score (nSPS) is 16.5. The molecule has 0 aromatic carbocycles. The van der Waals surface area contributed by atoms with Gasteiger partial charge < -0.3 is 4.90 Å². The molecule has 4 heterocycles. The number of hydrogen-bond acceptors (Lipinski definition) is 5. The predicted molar refractivity (Wildman–Crippen MR) is 81.1 cm³/mol. The maximum absolute atomic E-state index is 11.8. The number of rotatable bonds is 2. The zero-order valence-corrected chi connectivity index (χ0v) is 12.3. The van der Waals surface area contributed by atoms with Gasteiger partial charge in [0.25, 0.3) is 0 Å². The van der Waals surface area contributed by atoms with E-state index in [1.54, 1.807) is 24.0 Å². The lowest BCUT2D eigenvalue weighted by molar-refractivity contribution is 0.355. The van der Waals surface area contributed by atoms with Crippen LogP contribution in [0.25, 0.3) is 5.65 Å². The summed E-state index contributed by atoms with van der Waals surface area (Å²) in [4.78, 5) is 21.1. The second-order valence-electron chi connectivity index (χ2n) is 5.58. The van der Waals surface area contributed by atoms with Crippen molar-refractivity contribution in [1.29, 1.82) is 0 Å². The Labute approximate surface area is 126 Å². The predicted octanol–water partition coefficient (Wildman–Crippen LogP) is 0.764. The van der Waals surface area contributed by atoms with Crippen molar-refractivity contribution in [3.63, 3.8) is 0 Å². The molecule has 4 rings (SSSR count). The van der Waals surface area contributed by atoms with Crippen molar-refractivity contribution >= 4 is 11.5 Å². The first-order chi connectivity index (χ1) is 10.7. The lowest BCUT2D eigenvalue weighted by Crippen LogP contribution is -2.38. The van der Waals surface area contributed by atoms with E-state index in [9.17, 15) is 4.79 Å². The molecule has 22 heavy (non-hydrogen) atoms. The molecule has 0 radical (unpaired) electrons. The molecule has 0 bridgehead atoms. The molecule has 8 heteroatoms. The van der Waals surface area contributed by atoms with Crippen molar-refractivity contribution in [2.75, 3.05) is 18.0 Å². The molecule has 1 aliphatic rings. The van der Waals surface area contributed by atoms with Crippen molar-refractivity contribution in [3.8, 4) is 0 Å². The Morgan fingerprint density at radius 1 is 1.23 bits per heavy atom. The van der Waals surface area contributed by atoms with Crippen LogP contribution in [0.2, 0.25) is 0 Å². The average Bonchev–Trinajstić information content (AvgIpc) is 3.13. The van der Waals surface area contributed by atoms with Gasteiger partial charge in [0.05, 0.1) is 12.2 Å². The largest absolute Gasteiger partial charge is 0.356 e. The van der Waals surface area contributed by atoms with Crippen LogP contribution in [0, 0.1) is 6.92 Å². The van der Waals surface area contributed by atoms with Crippen molar-refractivity contribution < 1.29 is 0 Å². The molecule has 0 saturated carbocycles. The molecular weight excluding hydrogens is 282 g/mol. The topological polar surface area (TPSA) is 84.1 Å². The van der Waals surface area contributed by atoms with E-state index in [-0.39, 0.29) is 11.7 Å². The molecule has 8 nitrogen and oxygen atoms in total. The van der Waals surface area contributed by atoms with Crippen LogP contribution in [-0.2, 0) is 0 Å². The summed E-state index contributed by atoms with van der Waals surface area (Å²) in [6.45, 7) is 3.53. The van der Waals surface area contributed by atoms with Crippen LogP contribution in [0.4, 0.5) is 5.82 Å². The first-order valence-electron chi connectivity index (χ1n) is 7.41. The molecule has 0 spiro atoms. The van der Waals surface area contributed by atoms with E-state index < -0.39 is 0 Å². The van der Waals surface area contributed by atoms with Crippen LogP contribution >= 0.6 is 0 Å². The Kier molecular flexibility index (Phi) is 2.95. The van der Waals surface area contributed by atoms with Gasteiger partial charge in [-0.25, -0.2) is 14.5 Å². The highest BCUT2D eigenvalue weighted by Crippen LogP contribution is 2.25. The molecule has 0 atom stereocenters. The van der Waals surface area contributed by atoms with Gasteiger partial charge in [-0.1, -0.05) is 0 Å². The summed E-state index contributed by atoms with van der Waals surface area (Å²) < 4.78 is 3.44. The molecule has 0 unspecified atom stereocenters. The van der Waals surface area contributed by atoms with Crippen LogP contribution in [0.5, 0.6) is 0 Å². The highest BCUT2D eigenvalue weighted by molar-refractivity contribution is 5.48. The fourth-order valence-corrected chi connectivity index (χ4v) is 3.09. The van der Waals surface area contributed by atoms with Gasteiger partial charge in [0.2, 0.25) is 0 Å². The maximum Gasteiger partial charge on any atom is 0.343 e. The third-order valence-electron chi connectivity index (χ3n) is 4.16. The quantitative estimate of drug-likeness (QED) is 0.755. The molecule has 3 aromatic heterocycles. The summed E-state index contributed by atoms with van der Waals surface area (Å²) in [6.07, 6.45) is 5.33. The van der Waals surface area contributed by atoms with Crippen LogP contribution in [-0.4, -0.2) is 42.5 Å². The number of aromatic nitrogens is 6. The Bertz CT molecular complexity index is 853. The van der Waals surface area contributed by atoms with Gasteiger partial charge in [-0.15, -0.1) is 0 Å². The van der Waals surface area contributed by atoms with Gasteiger partial charge >= 0.3 is 5.69 Å². The second kappa shape index (κ2) is 4.97. The first kappa shape index (κ1) is 13.1. The molecular formula is C14H17N7O. The third-order valence-corrected chi connectivity index (χ3v) is 4.16. The van der Waals surface area contributed by atoms with Crippen LogP contribution < -0.4 is 10.6 Å². The highest BCUT2D eigenvalue weighted by Gasteiger charge is 2.24. The molecule has 114 valence electrons. The number of nitrogens with one attached hydrogen (secondary N) is 1. The number of aromatic amines is 1. The summed E-state index contributed by atoms with van der Waals surface area (Å²) in [5, 5.41) is 8.60. The van der Waals surface area contributed by atoms with E-state index in [4.69, 9.17) is 0 Å². The van der Waals surface area contributed by atoms with Crippen molar-refractivity contribution in [3.05, 3.63) is 40.8 Å². The van der Waals surface area contributed by atoms with Crippen LogP contribution in [0.1, 0.15) is 24.7 Å². The number of fused-ring (bicyclic) bond motifs is 1. The minimum absolute atomic E-state index is 0.116. The van der Waals surface area contributed by atoms with E-state index in [0.717, 1.165) is 37.4 Å². The van der Waals surface area contributed by atoms with Crippen LogP contribution in [0.15, 0.2) is 29.3 Å².